The van der Waals surface area contributed by atoms with Crippen molar-refractivity contribution in [3.05, 3.63) is 29.7 Å². The third-order valence-electron chi connectivity index (χ3n) is 2.36. The van der Waals surface area contributed by atoms with Crippen molar-refractivity contribution in [3.8, 4) is 0 Å². The molecule has 0 aliphatic rings. The number of anilines is 1. The summed E-state index contributed by atoms with van der Waals surface area (Å²) < 4.78 is 23.9. The summed E-state index contributed by atoms with van der Waals surface area (Å²) in [6.07, 6.45) is 1.05. The summed E-state index contributed by atoms with van der Waals surface area (Å²) in [5.74, 6) is -1.25. The fourth-order valence-electron chi connectivity index (χ4n) is 1.72. The minimum atomic E-state index is -3.33. The standard InChI is InChI=1S/C10H11N3O4S/c1-18(16,17)5-8-12-9(10(14)15)6-3-2-4-7(11)13(6)8/h2-4H,5,11H2,1H3,(H,14,15). The van der Waals surface area contributed by atoms with Gasteiger partial charge in [0.2, 0.25) is 0 Å². The molecule has 2 aromatic rings. The van der Waals surface area contributed by atoms with Gasteiger partial charge in [-0.25, -0.2) is 18.2 Å². The Bertz CT molecular complexity index is 733. The van der Waals surface area contributed by atoms with Crippen LogP contribution in [0.25, 0.3) is 5.52 Å². The van der Waals surface area contributed by atoms with E-state index in [1.807, 2.05) is 0 Å². The molecule has 0 fully saturated rings. The maximum Gasteiger partial charge on any atom is 0.356 e. The van der Waals surface area contributed by atoms with Crippen LogP contribution >= 0.6 is 0 Å². The molecule has 0 aromatic carbocycles. The smallest absolute Gasteiger partial charge is 0.356 e. The summed E-state index contributed by atoms with van der Waals surface area (Å²) in [7, 11) is -3.33. The molecule has 0 aliphatic carbocycles. The summed E-state index contributed by atoms with van der Waals surface area (Å²) in [5, 5.41) is 9.02. The van der Waals surface area contributed by atoms with E-state index >= 15 is 0 Å². The number of carboxylic acids is 1. The van der Waals surface area contributed by atoms with E-state index in [0.29, 0.717) is 0 Å². The molecule has 0 bridgehead atoms. The molecule has 0 saturated heterocycles. The van der Waals surface area contributed by atoms with Crippen LogP contribution in [-0.2, 0) is 15.6 Å². The molecule has 0 spiro atoms. The van der Waals surface area contributed by atoms with E-state index in [2.05, 4.69) is 4.98 Å². The quantitative estimate of drug-likeness (QED) is 0.820. The molecule has 0 aliphatic heterocycles. The number of hydrogen-bond donors (Lipinski definition) is 2. The number of pyridine rings is 1. The molecule has 0 radical (unpaired) electrons. The number of aromatic carboxylic acids is 1. The second-order valence-corrected chi connectivity index (χ2v) is 6.06. The van der Waals surface area contributed by atoms with Crippen LogP contribution in [-0.4, -0.2) is 35.1 Å². The zero-order valence-electron chi connectivity index (χ0n) is 9.49. The van der Waals surface area contributed by atoms with Gasteiger partial charge in [-0.1, -0.05) is 6.07 Å². The van der Waals surface area contributed by atoms with Crippen molar-refractivity contribution in [2.24, 2.45) is 0 Å². The lowest BCUT2D eigenvalue weighted by atomic mass is 10.3. The van der Waals surface area contributed by atoms with Gasteiger partial charge in [-0.2, -0.15) is 0 Å². The molecule has 0 saturated carbocycles. The number of imidazole rings is 1. The number of sulfone groups is 1. The van der Waals surface area contributed by atoms with E-state index in [1.165, 1.54) is 10.5 Å². The van der Waals surface area contributed by atoms with Crippen molar-refractivity contribution in [2.75, 3.05) is 12.0 Å². The predicted octanol–water partition coefficient (Wildman–Crippen LogP) is 0.159. The third-order valence-corrected chi connectivity index (χ3v) is 3.14. The zero-order chi connectivity index (χ0) is 13.5. The van der Waals surface area contributed by atoms with E-state index < -0.39 is 15.8 Å². The third kappa shape index (κ3) is 2.14. The SMILES string of the molecule is CS(=O)(=O)Cc1nc(C(=O)O)c2cccc(N)n12. The Balaban J connectivity index is 2.78. The van der Waals surface area contributed by atoms with Crippen LogP contribution in [0.15, 0.2) is 18.2 Å². The van der Waals surface area contributed by atoms with Crippen LogP contribution in [0.4, 0.5) is 5.82 Å². The highest BCUT2D eigenvalue weighted by Crippen LogP contribution is 2.18. The first kappa shape index (κ1) is 12.4. The first-order valence-electron chi connectivity index (χ1n) is 4.96. The molecule has 0 atom stereocenters. The molecule has 2 aromatic heterocycles. The topological polar surface area (TPSA) is 115 Å². The number of nitrogen functional groups attached to an aromatic ring is 1. The molecule has 2 rings (SSSR count). The summed E-state index contributed by atoms with van der Waals surface area (Å²) in [6.45, 7) is 0. The maximum absolute atomic E-state index is 11.3. The highest BCUT2D eigenvalue weighted by Gasteiger charge is 2.20. The maximum atomic E-state index is 11.3. The number of fused-ring (bicyclic) bond motifs is 1. The van der Waals surface area contributed by atoms with E-state index in [0.717, 1.165) is 6.26 Å². The molecular formula is C10H11N3O4S. The molecular weight excluding hydrogens is 258 g/mol. The molecule has 3 N–H and O–H groups in total. The number of rotatable bonds is 3. The number of nitrogens with two attached hydrogens (primary N) is 1. The highest BCUT2D eigenvalue weighted by atomic mass is 32.2. The van der Waals surface area contributed by atoms with Crippen LogP contribution in [0.2, 0.25) is 0 Å². The number of nitrogens with zero attached hydrogens (tertiary/aromatic N) is 2. The molecule has 8 heteroatoms. The van der Waals surface area contributed by atoms with E-state index in [4.69, 9.17) is 10.8 Å². The van der Waals surface area contributed by atoms with E-state index in [9.17, 15) is 13.2 Å². The van der Waals surface area contributed by atoms with Crippen LogP contribution in [0, 0.1) is 0 Å². The summed E-state index contributed by atoms with van der Waals surface area (Å²) in [6, 6.07) is 4.66. The average Bonchev–Trinajstić information content (AvgIpc) is 2.56. The Labute approximate surface area is 103 Å². The van der Waals surface area contributed by atoms with Crippen LogP contribution in [0.1, 0.15) is 16.3 Å². The fourth-order valence-corrected chi connectivity index (χ4v) is 2.39. The van der Waals surface area contributed by atoms with Crippen molar-refractivity contribution in [3.63, 3.8) is 0 Å². The Kier molecular flexibility index (Phi) is 2.74. The van der Waals surface area contributed by atoms with Crippen LogP contribution < -0.4 is 5.73 Å². The minimum Gasteiger partial charge on any atom is -0.476 e. The Hall–Kier alpha value is -2.09. The highest BCUT2D eigenvalue weighted by molar-refractivity contribution is 7.89. The normalized spacial score (nSPS) is 11.8. The van der Waals surface area contributed by atoms with Crippen molar-refractivity contribution in [2.45, 2.75) is 5.75 Å². The largest absolute Gasteiger partial charge is 0.476 e. The minimum absolute atomic E-state index is 0.100. The van der Waals surface area contributed by atoms with E-state index in [1.54, 1.807) is 12.1 Å². The summed E-state index contributed by atoms with van der Waals surface area (Å²) in [4.78, 5) is 14.9. The van der Waals surface area contributed by atoms with Gasteiger partial charge in [0.25, 0.3) is 0 Å². The van der Waals surface area contributed by atoms with Gasteiger partial charge in [0.15, 0.2) is 15.5 Å². The summed E-state index contributed by atoms with van der Waals surface area (Å²) >= 11 is 0. The average molecular weight is 269 g/mol. The Morgan fingerprint density at radius 2 is 2.17 bits per heavy atom. The first-order chi connectivity index (χ1) is 8.29. The van der Waals surface area contributed by atoms with Gasteiger partial charge in [-0.05, 0) is 12.1 Å². The van der Waals surface area contributed by atoms with Gasteiger partial charge in [-0.3, -0.25) is 4.40 Å². The summed E-state index contributed by atoms with van der Waals surface area (Å²) in [5.41, 5.74) is 5.80. The van der Waals surface area contributed by atoms with Crippen LogP contribution in [0.3, 0.4) is 0 Å². The lowest BCUT2D eigenvalue weighted by Gasteiger charge is -2.03. The van der Waals surface area contributed by atoms with Crippen molar-refractivity contribution >= 4 is 27.1 Å². The lowest BCUT2D eigenvalue weighted by molar-refractivity contribution is 0.0693. The number of hydrogen-bond acceptors (Lipinski definition) is 5. The number of carboxylic acid groups (broad SMARTS) is 1. The lowest BCUT2D eigenvalue weighted by Crippen LogP contribution is -2.07. The molecule has 0 unspecified atom stereocenters. The Morgan fingerprint density at radius 1 is 1.50 bits per heavy atom. The Morgan fingerprint density at radius 3 is 2.72 bits per heavy atom. The first-order valence-corrected chi connectivity index (χ1v) is 7.02. The monoisotopic (exact) mass is 269 g/mol. The van der Waals surface area contributed by atoms with Gasteiger partial charge in [0, 0.05) is 6.26 Å². The van der Waals surface area contributed by atoms with Crippen molar-refractivity contribution in [1.82, 2.24) is 9.38 Å². The second-order valence-electron chi connectivity index (χ2n) is 3.92. The van der Waals surface area contributed by atoms with Crippen LogP contribution in [0.5, 0.6) is 0 Å². The molecule has 96 valence electrons. The van der Waals surface area contributed by atoms with Gasteiger partial charge in [-0.15, -0.1) is 0 Å². The molecule has 0 amide bonds. The van der Waals surface area contributed by atoms with Crippen molar-refractivity contribution < 1.29 is 18.3 Å². The van der Waals surface area contributed by atoms with Gasteiger partial charge in [0.1, 0.15) is 17.4 Å². The van der Waals surface area contributed by atoms with E-state index in [-0.39, 0.29) is 28.6 Å². The fraction of sp³-hybridized carbons (Fsp3) is 0.200. The number of carbonyl (C=O) groups is 1. The number of aromatic nitrogens is 2. The molecule has 18 heavy (non-hydrogen) atoms. The van der Waals surface area contributed by atoms with Gasteiger partial charge in [0.05, 0.1) is 5.52 Å². The molecule has 2 heterocycles. The molecule has 7 nitrogen and oxygen atoms in total. The van der Waals surface area contributed by atoms with Gasteiger partial charge < -0.3 is 10.8 Å². The second kappa shape index (κ2) is 3.98. The predicted molar refractivity (Wildman–Crippen MR) is 65.1 cm³/mol. The van der Waals surface area contributed by atoms with Crippen molar-refractivity contribution in [1.29, 1.82) is 0 Å². The zero-order valence-corrected chi connectivity index (χ0v) is 10.3. The van der Waals surface area contributed by atoms with Gasteiger partial charge >= 0.3 is 5.97 Å².